The van der Waals surface area contributed by atoms with Crippen molar-refractivity contribution in [2.45, 2.75) is 127 Å². The molecule has 0 spiro atoms. The smallest absolute Gasteiger partial charge is 0.408 e. The van der Waals surface area contributed by atoms with Gasteiger partial charge in [0.25, 0.3) is 0 Å². The van der Waals surface area contributed by atoms with E-state index in [4.69, 9.17) is 28.4 Å². The van der Waals surface area contributed by atoms with Gasteiger partial charge < -0.3 is 49.1 Å². The minimum Gasteiger partial charge on any atom is -0.455 e. The third kappa shape index (κ3) is 6.16. The molecule has 1 amide bonds. The highest BCUT2D eigenvalue weighted by molar-refractivity contribution is 5.97. The van der Waals surface area contributed by atoms with Gasteiger partial charge in [0.1, 0.15) is 35.6 Å². The molecule has 1 aliphatic heterocycles. The predicted molar refractivity (Wildman–Crippen MR) is 206 cm³/mol. The maximum Gasteiger partial charge on any atom is 0.408 e. The van der Waals surface area contributed by atoms with Gasteiger partial charge in [0.05, 0.1) is 35.0 Å². The van der Waals surface area contributed by atoms with Gasteiger partial charge in [-0.2, -0.15) is 0 Å². The van der Waals surface area contributed by atoms with Gasteiger partial charge in [0, 0.05) is 26.7 Å². The number of ketones is 1. The summed E-state index contributed by atoms with van der Waals surface area (Å²) in [6.07, 6.45) is -9.56. The molecule has 2 aromatic rings. The van der Waals surface area contributed by atoms with Crippen LogP contribution in [0.25, 0.3) is 0 Å². The van der Waals surface area contributed by atoms with E-state index in [1.807, 2.05) is 0 Å². The molecule has 60 heavy (non-hydrogen) atoms. The monoisotopic (exact) mass is 833 g/mol. The first-order valence-corrected chi connectivity index (χ1v) is 19.9. The number of hydrogen-bond acceptors (Lipinski definition) is 15. The minimum absolute atomic E-state index is 0.0683. The average molecular weight is 834 g/mol. The summed E-state index contributed by atoms with van der Waals surface area (Å²) < 4.78 is 35.6. The lowest BCUT2D eigenvalue weighted by molar-refractivity contribution is -0.337. The SMILES string of the molecule is CC(=O)O[C@@H](C(=O)O[C@H]1C[C@]2(O)[C@]3(C)C(=C1C)[C@@H](O)C(=O)[C@@]1(C)[C@@H]([C@]4(OC(C)=O)CO[C@@H]4C[C@@H]1O)[C@@]23OC(=O)c1ccccc1)[C@@H](NC(=O)OC(C)(C)C)c1ccccc1. The summed E-state index contributed by atoms with van der Waals surface area (Å²) in [4.78, 5) is 82.4. The number of esters is 4. The van der Waals surface area contributed by atoms with E-state index < -0.39 is 118 Å². The molecule has 1 heterocycles. The molecular formula is C44H51NO15. The molecule has 0 aromatic heterocycles. The molecule has 12 atom stereocenters. The number of carbonyl (C=O) groups is 6. The van der Waals surface area contributed by atoms with Crippen molar-refractivity contribution in [2.75, 3.05) is 6.61 Å². The van der Waals surface area contributed by atoms with Crippen molar-refractivity contribution < 1.29 is 72.5 Å². The van der Waals surface area contributed by atoms with E-state index in [1.165, 1.54) is 32.9 Å². The topological polar surface area (TPSA) is 231 Å². The van der Waals surface area contributed by atoms with Crippen molar-refractivity contribution in [3.63, 3.8) is 0 Å². The zero-order valence-electron chi connectivity index (χ0n) is 34.7. The minimum atomic E-state index is -2.29. The van der Waals surface area contributed by atoms with Crippen LogP contribution in [0.4, 0.5) is 4.79 Å². The molecule has 4 N–H and O–H groups in total. The molecular weight excluding hydrogens is 782 g/mol. The Labute approximate surface area is 346 Å². The van der Waals surface area contributed by atoms with Crippen LogP contribution in [0.5, 0.6) is 0 Å². The second-order valence-corrected chi connectivity index (χ2v) is 17.8. The first-order valence-electron chi connectivity index (χ1n) is 19.9. The number of alkyl carbamates (subject to hydrolysis) is 1. The molecule has 3 saturated carbocycles. The molecule has 2 aromatic carbocycles. The molecule has 1 saturated heterocycles. The van der Waals surface area contributed by atoms with Crippen molar-refractivity contribution >= 4 is 35.8 Å². The third-order valence-corrected chi connectivity index (χ3v) is 13.3. The second-order valence-electron chi connectivity index (χ2n) is 17.8. The Balaban J connectivity index is 1.37. The van der Waals surface area contributed by atoms with Crippen molar-refractivity contribution in [1.82, 2.24) is 5.32 Å². The Kier molecular flexibility index (Phi) is 10.4. The highest BCUT2D eigenvalue weighted by atomic mass is 16.6. The number of rotatable bonds is 9. The fraction of sp³-hybridized carbons (Fsp3) is 0.545. The predicted octanol–water partition coefficient (Wildman–Crippen LogP) is 3.19. The molecule has 16 nitrogen and oxygen atoms in total. The van der Waals surface area contributed by atoms with Gasteiger partial charge in [-0.1, -0.05) is 48.5 Å². The Hall–Kier alpha value is -5.16. The maximum absolute atomic E-state index is 14.9. The number of carbonyl (C=O) groups excluding carboxylic acids is 6. The zero-order chi connectivity index (χ0) is 44.0. The van der Waals surface area contributed by atoms with E-state index in [1.54, 1.807) is 69.3 Å². The van der Waals surface area contributed by atoms with Gasteiger partial charge in [0.15, 0.2) is 17.0 Å². The lowest BCUT2D eigenvalue weighted by Crippen LogP contribution is -2.78. The van der Waals surface area contributed by atoms with E-state index in [-0.39, 0.29) is 29.7 Å². The highest BCUT2D eigenvalue weighted by Gasteiger charge is 2.99. The van der Waals surface area contributed by atoms with Gasteiger partial charge in [-0.3, -0.25) is 14.4 Å². The molecule has 4 aliphatic carbocycles. The van der Waals surface area contributed by atoms with Gasteiger partial charge in [-0.05, 0) is 70.4 Å². The molecule has 0 bridgehead atoms. The normalized spacial score (nSPS) is 36.0. The summed E-state index contributed by atoms with van der Waals surface area (Å²) in [7, 11) is 0. The Morgan fingerprint density at radius 3 is 2.08 bits per heavy atom. The van der Waals surface area contributed by atoms with Crippen LogP contribution in [0.2, 0.25) is 0 Å². The summed E-state index contributed by atoms with van der Waals surface area (Å²) in [6, 6.07) is 14.6. The summed E-state index contributed by atoms with van der Waals surface area (Å²) in [5.74, 6) is -6.22. The zero-order valence-corrected chi connectivity index (χ0v) is 34.7. The lowest BCUT2D eigenvalue weighted by atomic mass is 9.51. The van der Waals surface area contributed by atoms with Crippen LogP contribution in [0.3, 0.4) is 0 Å². The van der Waals surface area contributed by atoms with Crippen LogP contribution in [0.1, 0.15) is 90.2 Å². The van der Waals surface area contributed by atoms with Crippen LogP contribution in [0, 0.1) is 16.7 Å². The van der Waals surface area contributed by atoms with E-state index in [9.17, 15) is 44.1 Å². The highest BCUT2D eigenvalue weighted by Crippen LogP contribution is 2.84. The van der Waals surface area contributed by atoms with Crippen LogP contribution >= 0.6 is 0 Å². The fourth-order valence-electron chi connectivity index (χ4n) is 10.7. The van der Waals surface area contributed by atoms with Gasteiger partial charge in [0.2, 0.25) is 6.10 Å². The van der Waals surface area contributed by atoms with Crippen molar-refractivity contribution in [2.24, 2.45) is 16.7 Å². The number of benzene rings is 2. The van der Waals surface area contributed by atoms with Gasteiger partial charge in [-0.15, -0.1) is 0 Å². The number of aliphatic hydroxyl groups excluding tert-OH is 2. The van der Waals surface area contributed by atoms with Crippen LogP contribution in [0.15, 0.2) is 71.8 Å². The van der Waals surface area contributed by atoms with E-state index >= 15 is 0 Å². The number of hydrogen-bond donors (Lipinski definition) is 4. The second kappa shape index (κ2) is 14.5. The fourth-order valence-corrected chi connectivity index (χ4v) is 10.7. The summed E-state index contributed by atoms with van der Waals surface area (Å²) in [6.45, 7) is 11.2. The van der Waals surface area contributed by atoms with Crippen LogP contribution < -0.4 is 5.32 Å². The standard InChI is InChI=1S/C44H51NO15/c1-22-27(57-36(52)33(56-23(2)46)31(25-15-11-9-12-16-25)45-38(53)60-39(4,5)6)20-43(54)41(8)30(22)32(49)34(50)40(7)28(48)19-29-42(21-55-29,58-24(3)47)37(40)44(41,43)59-35(51)26-17-13-10-14-18-26/h9-18,27-29,31-33,37,48-49,54H,19-21H2,1-8H3,(H,45,53)/t27-,28-,29+,31-,32+,33+,37-,40-,41-,42-,43-,44-/m0/s1. The molecule has 0 radical (unpaired) electrons. The van der Waals surface area contributed by atoms with Gasteiger partial charge >= 0.3 is 30.0 Å². The molecule has 7 rings (SSSR count). The molecule has 322 valence electrons. The third-order valence-electron chi connectivity index (χ3n) is 13.3. The molecule has 4 fully saturated rings. The number of ether oxygens (including phenoxy) is 6. The van der Waals surface area contributed by atoms with Crippen molar-refractivity contribution in [3.05, 3.63) is 82.9 Å². The first kappa shape index (κ1) is 42.9. The number of nitrogens with one attached hydrogen (secondary N) is 1. The Morgan fingerprint density at radius 1 is 0.917 bits per heavy atom. The van der Waals surface area contributed by atoms with Crippen LogP contribution in [-0.2, 0) is 47.6 Å². The number of amides is 1. The maximum atomic E-state index is 14.9. The van der Waals surface area contributed by atoms with Crippen molar-refractivity contribution in [3.8, 4) is 0 Å². The molecule has 16 heteroatoms. The number of Topliss-reactive ketones (excluding diaryl/α,β-unsaturated/α-hetero) is 1. The van der Waals surface area contributed by atoms with E-state index in [0.29, 0.717) is 5.56 Å². The molecule has 0 unspecified atom stereocenters. The van der Waals surface area contributed by atoms with Crippen molar-refractivity contribution in [1.29, 1.82) is 0 Å². The molecule has 5 aliphatic rings. The Morgan fingerprint density at radius 2 is 1.53 bits per heavy atom. The first-order chi connectivity index (χ1) is 28.0. The quantitative estimate of drug-likeness (QED) is 0.162. The summed E-state index contributed by atoms with van der Waals surface area (Å²) in [5, 5.41) is 40.1. The summed E-state index contributed by atoms with van der Waals surface area (Å²) >= 11 is 0. The van der Waals surface area contributed by atoms with Crippen LogP contribution in [-0.4, -0.2) is 111 Å². The average Bonchev–Trinajstić information content (AvgIpc) is 3.60. The van der Waals surface area contributed by atoms with E-state index in [0.717, 1.165) is 13.8 Å². The van der Waals surface area contributed by atoms with Gasteiger partial charge in [-0.25, -0.2) is 14.4 Å². The Bertz CT molecular complexity index is 2150. The largest absolute Gasteiger partial charge is 0.455 e. The van der Waals surface area contributed by atoms with E-state index in [2.05, 4.69) is 5.32 Å². The lowest BCUT2D eigenvalue weighted by Gasteiger charge is -2.63. The number of aliphatic hydroxyl groups is 3. The summed E-state index contributed by atoms with van der Waals surface area (Å²) in [5.41, 5.74) is -10.7. The number of fused-ring (bicyclic) bond motifs is 5.